The molecule has 4 rings (SSSR count). The lowest BCUT2D eigenvalue weighted by Crippen LogP contribution is -2.43. The number of fused-ring (bicyclic) bond motifs is 1. The molecule has 1 aliphatic carbocycles. The first-order chi connectivity index (χ1) is 14.1. The Morgan fingerprint density at radius 2 is 1.83 bits per heavy atom. The molecule has 5 heteroatoms. The van der Waals surface area contributed by atoms with E-state index in [0.717, 1.165) is 44.5 Å². The van der Waals surface area contributed by atoms with E-state index in [1.165, 1.54) is 30.0 Å². The van der Waals surface area contributed by atoms with Crippen molar-refractivity contribution < 1.29 is 13.6 Å². The molecule has 0 radical (unpaired) electrons. The van der Waals surface area contributed by atoms with Crippen molar-refractivity contribution in [2.24, 2.45) is 5.92 Å². The van der Waals surface area contributed by atoms with Gasteiger partial charge in [-0.2, -0.15) is 0 Å². The van der Waals surface area contributed by atoms with Crippen molar-refractivity contribution in [1.82, 2.24) is 10.2 Å². The highest BCUT2D eigenvalue weighted by atomic mass is 19.2. The van der Waals surface area contributed by atoms with Gasteiger partial charge in [0.05, 0.1) is 0 Å². The Morgan fingerprint density at radius 1 is 1.07 bits per heavy atom. The predicted molar refractivity (Wildman–Crippen MR) is 109 cm³/mol. The zero-order valence-electron chi connectivity index (χ0n) is 16.7. The van der Waals surface area contributed by atoms with Gasteiger partial charge in [-0.3, -0.25) is 9.69 Å². The standard InChI is InChI=1S/C24H28F2N2O/c25-22-9-7-18(12-23(22)26)15-27-24(29)10-8-17-4-3-11-28(16-17)21-13-19-5-1-2-6-20(19)14-21/h1-2,5-7,9,12,17,21H,3-4,8,10-11,13-16H2,(H,27,29). The first kappa shape index (κ1) is 20.0. The molecular formula is C24H28F2N2O. The molecule has 0 aromatic heterocycles. The normalized spacial score (nSPS) is 19.9. The average molecular weight is 398 g/mol. The summed E-state index contributed by atoms with van der Waals surface area (Å²) < 4.78 is 26.2. The third-order valence-corrected chi connectivity index (χ3v) is 6.35. The number of likely N-dealkylation sites (tertiary alicyclic amines) is 1. The maximum absolute atomic E-state index is 13.3. The number of nitrogens with one attached hydrogen (secondary N) is 1. The number of halogens is 2. The van der Waals surface area contributed by atoms with Gasteiger partial charge in [-0.05, 0) is 73.4 Å². The third kappa shape index (κ3) is 5.02. The molecule has 1 saturated heterocycles. The minimum absolute atomic E-state index is 0.0277. The minimum atomic E-state index is -0.881. The van der Waals surface area contributed by atoms with Crippen LogP contribution in [-0.4, -0.2) is 29.9 Å². The SMILES string of the molecule is O=C(CCC1CCCN(C2Cc3ccccc3C2)C1)NCc1ccc(F)c(F)c1. The summed E-state index contributed by atoms with van der Waals surface area (Å²) in [5, 5.41) is 2.82. The van der Waals surface area contributed by atoms with Crippen LogP contribution >= 0.6 is 0 Å². The number of piperidine rings is 1. The summed E-state index contributed by atoms with van der Waals surface area (Å²) in [5.74, 6) is -1.23. The van der Waals surface area contributed by atoms with E-state index in [4.69, 9.17) is 0 Å². The molecule has 3 nitrogen and oxygen atoms in total. The summed E-state index contributed by atoms with van der Waals surface area (Å²) in [5.41, 5.74) is 3.54. The van der Waals surface area contributed by atoms with Gasteiger partial charge in [-0.1, -0.05) is 30.3 Å². The van der Waals surface area contributed by atoms with Crippen molar-refractivity contribution in [3.8, 4) is 0 Å². The molecule has 1 N–H and O–H groups in total. The second-order valence-electron chi connectivity index (χ2n) is 8.40. The van der Waals surface area contributed by atoms with E-state index >= 15 is 0 Å². The van der Waals surface area contributed by atoms with Crippen LogP contribution in [-0.2, 0) is 24.2 Å². The predicted octanol–water partition coefficient (Wildman–Crippen LogP) is 4.24. The molecule has 0 spiro atoms. The Labute approximate surface area is 171 Å². The number of carbonyl (C=O) groups is 1. The zero-order valence-corrected chi connectivity index (χ0v) is 16.7. The van der Waals surface area contributed by atoms with Crippen LogP contribution in [0.5, 0.6) is 0 Å². The molecule has 0 bridgehead atoms. The van der Waals surface area contributed by atoms with Gasteiger partial charge < -0.3 is 5.32 Å². The average Bonchev–Trinajstić information content (AvgIpc) is 3.18. The quantitative estimate of drug-likeness (QED) is 0.789. The van der Waals surface area contributed by atoms with Crippen molar-refractivity contribution in [2.75, 3.05) is 13.1 Å². The molecule has 2 aromatic carbocycles. The summed E-state index contributed by atoms with van der Waals surface area (Å²) in [7, 11) is 0. The minimum Gasteiger partial charge on any atom is -0.352 e. The second kappa shape index (κ2) is 9.04. The lowest BCUT2D eigenvalue weighted by Gasteiger charge is -2.36. The molecule has 0 saturated carbocycles. The molecule has 154 valence electrons. The fourth-order valence-electron chi connectivity index (χ4n) is 4.73. The third-order valence-electron chi connectivity index (χ3n) is 6.35. The number of rotatable bonds is 6. The van der Waals surface area contributed by atoms with E-state index in [9.17, 15) is 13.6 Å². The Hall–Kier alpha value is -2.27. The van der Waals surface area contributed by atoms with E-state index < -0.39 is 11.6 Å². The van der Waals surface area contributed by atoms with Crippen LogP contribution in [0.1, 0.15) is 42.4 Å². The summed E-state index contributed by atoms with van der Waals surface area (Å²) >= 11 is 0. The highest BCUT2D eigenvalue weighted by Gasteiger charge is 2.30. The van der Waals surface area contributed by atoms with Crippen molar-refractivity contribution in [3.05, 3.63) is 70.8 Å². The summed E-state index contributed by atoms with van der Waals surface area (Å²) in [6.45, 7) is 2.44. The van der Waals surface area contributed by atoms with Crippen LogP contribution in [0, 0.1) is 17.6 Å². The number of nitrogens with zero attached hydrogens (tertiary/aromatic N) is 1. The van der Waals surface area contributed by atoms with E-state index in [1.54, 1.807) is 0 Å². The van der Waals surface area contributed by atoms with Gasteiger partial charge >= 0.3 is 0 Å². The monoisotopic (exact) mass is 398 g/mol. The Bertz CT molecular complexity index is 845. The Morgan fingerprint density at radius 3 is 2.55 bits per heavy atom. The molecule has 1 amide bonds. The highest BCUT2D eigenvalue weighted by Crippen LogP contribution is 2.30. The summed E-state index contributed by atoms with van der Waals surface area (Å²) in [6.07, 6.45) is 5.99. The molecule has 2 aromatic rings. The molecule has 1 atom stereocenters. The van der Waals surface area contributed by atoms with Crippen LogP contribution < -0.4 is 5.32 Å². The van der Waals surface area contributed by atoms with Gasteiger partial charge in [0.15, 0.2) is 11.6 Å². The summed E-state index contributed by atoms with van der Waals surface area (Å²) in [6, 6.07) is 13.1. The molecule has 1 heterocycles. The zero-order chi connectivity index (χ0) is 20.2. The van der Waals surface area contributed by atoms with Crippen LogP contribution in [0.3, 0.4) is 0 Å². The van der Waals surface area contributed by atoms with E-state index in [0.29, 0.717) is 23.9 Å². The Kier molecular flexibility index (Phi) is 6.24. The maximum atomic E-state index is 13.3. The maximum Gasteiger partial charge on any atom is 0.220 e. The first-order valence-electron chi connectivity index (χ1n) is 10.6. The van der Waals surface area contributed by atoms with Crippen molar-refractivity contribution in [2.45, 2.75) is 51.1 Å². The smallest absolute Gasteiger partial charge is 0.220 e. The van der Waals surface area contributed by atoms with Crippen LogP contribution in [0.4, 0.5) is 8.78 Å². The number of hydrogen-bond donors (Lipinski definition) is 1. The molecule has 1 fully saturated rings. The fourth-order valence-corrected chi connectivity index (χ4v) is 4.73. The van der Waals surface area contributed by atoms with Crippen molar-refractivity contribution >= 4 is 5.91 Å². The summed E-state index contributed by atoms with van der Waals surface area (Å²) in [4.78, 5) is 14.8. The van der Waals surface area contributed by atoms with Crippen LogP contribution in [0.25, 0.3) is 0 Å². The van der Waals surface area contributed by atoms with E-state index in [2.05, 4.69) is 34.5 Å². The highest BCUT2D eigenvalue weighted by molar-refractivity contribution is 5.75. The fraction of sp³-hybridized carbons (Fsp3) is 0.458. The second-order valence-corrected chi connectivity index (χ2v) is 8.40. The first-order valence-corrected chi connectivity index (χ1v) is 10.6. The number of hydrogen-bond acceptors (Lipinski definition) is 2. The van der Waals surface area contributed by atoms with E-state index in [-0.39, 0.29) is 12.5 Å². The van der Waals surface area contributed by atoms with Crippen molar-refractivity contribution in [1.29, 1.82) is 0 Å². The Balaban J connectivity index is 1.21. The van der Waals surface area contributed by atoms with Gasteiger partial charge in [0.1, 0.15) is 0 Å². The van der Waals surface area contributed by atoms with Gasteiger partial charge in [-0.25, -0.2) is 8.78 Å². The molecule has 1 aliphatic heterocycles. The van der Waals surface area contributed by atoms with E-state index in [1.807, 2.05) is 0 Å². The molecule has 1 unspecified atom stereocenters. The lowest BCUT2D eigenvalue weighted by molar-refractivity contribution is -0.121. The van der Waals surface area contributed by atoms with Gasteiger partial charge in [0, 0.05) is 25.6 Å². The van der Waals surface area contributed by atoms with Crippen LogP contribution in [0.2, 0.25) is 0 Å². The van der Waals surface area contributed by atoms with Crippen molar-refractivity contribution in [3.63, 3.8) is 0 Å². The number of benzene rings is 2. The largest absolute Gasteiger partial charge is 0.352 e. The molecule has 2 aliphatic rings. The van der Waals surface area contributed by atoms with Crippen LogP contribution in [0.15, 0.2) is 42.5 Å². The molecular weight excluding hydrogens is 370 g/mol. The lowest BCUT2D eigenvalue weighted by atomic mass is 9.92. The topological polar surface area (TPSA) is 32.3 Å². The van der Waals surface area contributed by atoms with Gasteiger partial charge in [-0.15, -0.1) is 0 Å². The number of amides is 1. The van der Waals surface area contributed by atoms with Gasteiger partial charge in [0.25, 0.3) is 0 Å². The van der Waals surface area contributed by atoms with Gasteiger partial charge in [0.2, 0.25) is 5.91 Å². The molecule has 29 heavy (non-hydrogen) atoms. The number of carbonyl (C=O) groups excluding carboxylic acids is 1.